The molecule has 0 fully saturated rings. The van der Waals surface area contributed by atoms with Gasteiger partial charge in [-0.1, -0.05) is 37.3 Å². The van der Waals surface area contributed by atoms with Gasteiger partial charge in [-0.3, -0.25) is 4.79 Å². The van der Waals surface area contributed by atoms with Gasteiger partial charge in [-0.2, -0.15) is 0 Å². The zero-order chi connectivity index (χ0) is 13.4. The Morgan fingerprint density at radius 1 is 1.22 bits per heavy atom. The summed E-state index contributed by atoms with van der Waals surface area (Å²) in [6, 6.07) is 10.5. The van der Waals surface area contributed by atoms with Crippen LogP contribution in [-0.2, 0) is 11.3 Å². The van der Waals surface area contributed by atoms with Gasteiger partial charge in [0.05, 0.1) is 20.6 Å². The largest absolute Gasteiger partial charge is 0.356 e. The Morgan fingerprint density at radius 2 is 1.89 bits per heavy atom. The van der Waals surface area contributed by atoms with Crippen molar-refractivity contribution in [2.24, 2.45) is 0 Å². The van der Waals surface area contributed by atoms with Crippen molar-refractivity contribution in [1.82, 2.24) is 5.32 Å². The van der Waals surface area contributed by atoms with Crippen LogP contribution in [0.4, 0.5) is 0 Å². The Kier molecular flexibility index (Phi) is 5.86. The van der Waals surface area contributed by atoms with Crippen LogP contribution in [0.3, 0.4) is 0 Å². The summed E-state index contributed by atoms with van der Waals surface area (Å²) in [5.74, 6) is 0.142. The van der Waals surface area contributed by atoms with Crippen molar-refractivity contribution >= 4 is 5.91 Å². The van der Waals surface area contributed by atoms with Gasteiger partial charge in [0.15, 0.2) is 0 Å². The molecule has 1 N–H and O–H groups in total. The average Bonchev–Trinajstić information content (AvgIpc) is 2.35. The van der Waals surface area contributed by atoms with E-state index in [1.807, 2.05) is 13.0 Å². The molecule has 0 unspecified atom stereocenters. The summed E-state index contributed by atoms with van der Waals surface area (Å²) in [5.41, 5.74) is 1.36. The van der Waals surface area contributed by atoms with Crippen LogP contribution in [-0.4, -0.2) is 37.6 Å². The molecular formula is C15H25N2O+. The molecule has 100 valence electrons. The van der Waals surface area contributed by atoms with E-state index in [0.29, 0.717) is 6.42 Å². The second-order valence-electron chi connectivity index (χ2n) is 5.36. The van der Waals surface area contributed by atoms with Crippen LogP contribution in [0.1, 0.15) is 25.3 Å². The van der Waals surface area contributed by atoms with Crippen molar-refractivity contribution in [1.29, 1.82) is 0 Å². The van der Waals surface area contributed by atoms with Crippen molar-refractivity contribution in [2.75, 3.05) is 27.2 Å². The minimum atomic E-state index is 0.142. The highest BCUT2D eigenvalue weighted by Gasteiger charge is 2.15. The van der Waals surface area contributed by atoms with Crippen molar-refractivity contribution < 1.29 is 9.28 Å². The molecule has 0 saturated heterocycles. The fourth-order valence-corrected chi connectivity index (χ4v) is 2.02. The molecule has 0 aromatic heterocycles. The fraction of sp³-hybridized carbons (Fsp3) is 0.533. The van der Waals surface area contributed by atoms with Crippen LogP contribution in [0, 0.1) is 0 Å². The molecule has 0 spiro atoms. The monoisotopic (exact) mass is 249 g/mol. The van der Waals surface area contributed by atoms with Crippen molar-refractivity contribution in [3.63, 3.8) is 0 Å². The lowest BCUT2D eigenvalue weighted by Gasteiger charge is -2.30. The number of amides is 1. The molecular weight excluding hydrogens is 224 g/mol. The lowest BCUT2D eigenvalue weighted by molar-refractivity contribution is -0.903. The number of carbonyl (C=O) groups is 1. The minimum Gasteiger partial charge on any atom is -0.356 e. The van der Waals surface area contributed by atoms with E-state index in [0.717, 1.165) is 30.5 Å². The van der Waals surface area contributed by atoms with Gasteiger partial charge in [0.1, 0.15) is 6.54 Å². The van der Waals surface area contributed by atoms with E-state index >= 15 is 0 Å². The van der Waals surface area contributed by atoms with E-state index in [1.54, 1.807) is 0 Å². The molecule has 0 atom stereocenters. The number of benzene rings is 1. The number of hydrogen-bond donors (Lipinski definition) is 1. The Labute approximate surface area is 110 Å². The molecule has 18 heavy (non-hydrogen) atoms. The SMILES string of the molecule is CCC(=O)NCCC[N+](C)(C)Cc1ccccc1. The maximum Gasteiger partial charge on any atom is 0.219 e. The van der Waals surface area contributed by atoms with Gasteiger partial charge in [-0.15, -0.1) is 0 Å². The molecule has 1 aromatic rings. The van der Waals surface area contributed by atoms with Crippen molar-refractivity contribution in [2.45, 2.75) is 26.3 Å². The molecule has 1 rings (SSSR count). The molecule has 0 aliphatic rings. The first-order valence-corrected chi connectivity index (χ1v) is 6.66. The lowest BCUT2D eigenvalue weighted by atomic mass is 10.2. The number of nitrogens with one attached hydrogen (secondary N) is 1. The van der Waals surface area contributed by atoms with Gasteiger partial charge in [0.25, 0.3) is 0 Å². The third kappa shape index (κ3) is 5.82. The van der Waals surface area contributed by atoms with E-state index in [9.17, 15) is 4.79 Å². The molecule has 0 radical (unpaired) electrons. The van der Waals surface area contributed by atoms with Gasteiger partial charge < -0.3 is 9.80 Å². The zero-order valence-corrected chi connectivity index (χ0v) is 11.8. The van der Waals surface area contributed by atoms with Gasteiger partial charge in [-0.05, 0) is 0 Å². The topological polar surface area (TPSA) is 29.1 Å². The molecule has 0 heterocycles. The maximum atomic E-state index is 11.1. The molecule has 3 heteroatoms. The van der Waals surface area contributed by atoms with Crippen LogP contribution in [0.5, 0.6) is 0 Å². The van der Waals surface area contributed by atoms with Gasteiger partial charge in [-0.25, -0.2) is 0 Å². The van der Waals surface area contributed by atoms with Crippen LogP contribution < -0.4 is 5.32 Å². The summed E-state index contributed by atoms with van der Waals surface area (Å²) in [6.07, 6.45) is 1.59. The molecule has 0 aliphatic carbocycles. The summed E-state index contributed by atoms with van der Waals surface area (Å²) in [4.78, 5) is 11.1. The van der Waals surface area contributed by atoms with E-state index in [-0.39, 0.29) is 5.91 Å². The van der Waals surface area contributed by atoms with Crippen LogP contribution in [0.15, 0.2) is 30.3 Å². The van der Waals surface area contributed by atoms with E-state index < -0.39 is 0 Å². The molecule has 3 nitrogen and oxygen atoms in total. The van der Waals surface area contributed by atoms with Crippen molar-refractivity contribution in [3.05, 3.63) is 35.9 Å². The summed E-state index contributed by atoms with van der Waals surface area (Å²) in [5, 5.41) is 2.92. The van der Waals surface area contributed by atoms with Gasteiger partial charge in [0.2, 0.25) is 5.91 Å². The van der Waals surface area contributed by atoms with Gasteiger partial charge >= 0.3 is 0 Å². The second kappa shape index (κ2) is 7.17. The highest BCUT2D eigenvalue weighted by atomic mass is 16.1. The Balaban J connectivity index is 2.29. The molecule has 1 amide bonds. The molecule has 0 bridgehead atoms. The average molecular weight is 249 g/mol. The normalized spacial score (nSPS) is 11.3. The van der Waals surface area contributed by atoms with E-state index in [1.165, 1.54) is 5.56 Å². The smallest absolute Gasteiger partial charge is 0.219 e. The summed E-state index contributed by atoms with van der Waals surface area (Å²) in [6.45, 7) is 4.76. The van der Waals surface area contributed by atoms with E-state index in [2.05, 4.69) is 43.7 Å². The van der Waals surface area contributed by atoms with Crippen molar-refractivity contribution in [3.8, 4) is 0 Å². The Morgan fingerprint density at radius 3 is 2.50 bits per heavy atom. The number of hydrogen-bond acceptors (Lipinski definition) is 1. The number of quaternary nitrogens is 1. The quantitative estimate of drug-likeness (QED) is 0.582. The van der Waals surface area contributed by atoms with Crippen LogP contribution in [0.25, 0.3) is 0 Å². The predicted octanol–water partition coefficient (Wildman–Crippen LogP) is 2.18. The first-order valence-electron chi connectivity index (χ1n) is 6.66. The molecule has 1 aromatic carbocycles. The van der Waals surface area contributed by atoms with Crippen LogP contribution in [0.2, 0.25) is 0 Å². The van der Waals surface area contributed by atoms with Gasteiger partial charge in [0, 0.05) is 24.9 Å². The predicted molar refractivity (Wildman–Crippen MR) is 75.0 cm³/mol. The number of carbonyl (C=O) groups excluding carboxylic acids is 1. The summed E-state index contributed by atoms with van der Waals surface area (Å²) >= 11 is 0. The summed E-state index contributed by atoms with van der Waals surface area (Å²) < 4.78 is 0.950. The fourth-order valence-electron chi connectivity index (χ4n) is 2.02. The Hall–Kier alpha value is -1.35. The third-order valence-electron chi connectivity index (χ3n) is 3.04. The first-order chi connectivity index (χ1) is 8.53. The highest BCUT2D eigenvalue weighted by molar-refractivity contribution is 5.75. The third-order valence-corrected chi connectivity index (χ3v) is 3.04. The van der Waals surface area contributed by atoms with Crippen LogP contribution >= 0.6 is 0 Å². The molecule has 0 aliphatic heterocycles. The minimum absolute atomic E-state index is 0.142. The van der Waals surface area contributed by atoms with E-state index in [4.69, 9.17) is 0 Å². The second-order valence-corrected chi connectivity index (χ2v) is 5.36. The molecule has 0 saturated carbocycles. The standard InChI is InChI=1S/C15H24N2O/c1-4-15(18)16-11-8-12-17(2,3)13-14-9-6-5-7-10-14/h5-7,9-10H,4,8,11-13H2,1-3H3/p+1. The number of nitrogens with zero attached hydrogens (tertiary/aromatic N) is 1. The zero-order valence-electron chi connectivity index (χ0n) is 11.8. The number of rotatable bonds is 7. The maximum absolute atomic E-state index is 11.1. The summed E-state index contributed by atoms with van der Waals surface area (Å²) in [7, 11) is 4.46. The highest BCUT2D eigenvalue weighted by Crippen LogP contribution is 2.09. The lowest BCUT2D eigenvalue weighted by Crippen LogP contribution is -2.41. The first kappa shape index (κ1) is 14.7. The Bertz CT molecular complexity index is 360.